The van der Waals surface area contributed by atoms with Crippen molar-refractivity contribution in [1.29, 1.82) is 0 Å². The number of carbonyl (C=O) groups is 4. The van der Waals surface area contributed by atoms with Gasteiger partial charge in [-0.1, -0.05) is 289 Å². The fraction of sp³-hybridized carbons (Fsp3) is 0.678. The van der Waals surface area contributed by atoms with Crippen LogP contribution in [0.1, 0.15) is 323 Å². The van der Waals surface area contributed by atoms with E-state index >= 15 is 0 Å². The van der Waals surface area contributed by atoms with Crippen molar-refractivity contribution < 1.29 is 80.2 Å². The van der Waals surface area contributed by atoms with Crippen LogP contribution in [0.15, 0.2) is 146 Å². The number of unbranched alkanes of at least 4 members (excludes halogenated alkanes) is 26. The molecule has 0 fully saturated rings. The van der Waals surface area contributed by atoms with Gasteiger partial charge in [-0.25, -0.2) is 9.13 Å². The molecule has 0 aliphatic carbocycles. The van der Waals surface area contributed by atoms with E-state index in [2.05, 4.69) is 143 Å². The third-order valence-corrected chi connectivity index (χ3v) is 18.7. The fourth-order valence-electron chi connectivity index (χ4n) is 10.5. The van der Waals surface area contributed by atoms with Gasteiger partial charge in [-0.2, -0.15) is 0 Å². The SMILES string of the molecule is CC/C=C\C/C=C\C/C=C\C/C=C\C/C=C\C/C=C\CCC(=O)O[C@H](COC(=O)CCCCCCCCC/C=C\CCCCCC)COP(=O)(O)OC[C@H](O)COP(=O)(O)OC[C@@H](COC(=O)CCC/C=C\C/C=C\C/C=C\C/C=C\CCCCC)OC(=O)CCCCCCC/C=C\CCCCCCCC. The Labute approximate surface area is 643 Å². The molecule has 0 aromatic heterocycles. The van der Waals surface area contributed by atoms with Gasteiger partial charge in [-0.05, 0) is 154 Å². The second-order valence-electron chi connectivity index (χ2n) is 27.0. The summed E-state index contributed by atoms with van der Waals surface area (Å²) in [4.78, 5) is 73.1. The number of aliphatic hydroxyl groups excluding tert-OH is 1. The number of ether oxygens (including phenoxy) is 4. The van der Waals surface area contributed by atoms with Crippen molar-refractivity contribution in [2.75, 3.05) is 39.6 Å². The van der Waals surface area contributed by atoms with Crippen LogP contribution in [0.4, 0.5) is 0 Å². The number of aliphatic hydroxyl groups is 1. The van der Waals surface area contributed by atoms with E-state index in [1.165, 1.54) is 83.5 Å². The second-order valence-corrected chi connectivity index (χ2v) is 29.9. The number of rotatable bonds is 76. The Morgan fingerprint density at radius 2 is 0.519 bits per heavy atom. The van der Waals surface area contributed by atoms with Crippen LogP contribution in [-0.2, 0) is 65.4 Å². The summed E-state index contributed by atoms with van der Waals surface area (Å²) < 4.78 is 68.5. The summed E-state index contributed by atoms with van der Waals surface area (Å²) in [6, 6.07) is 0. The van der Waals surface area contributed by atoms with Crippen molar-refractivity contribution >= 4 is 39.5 Å². The van der Waals surface area contributed by atoms with Crippen molar-refractivity contribution in [3.63, 3.8) is 0 Å². The van der Waals surface area contributed by atoms with Crippen molar-refractivity contribution in [3.8, 4) is 0 Å². The molecule has 19 heteroatoms. The van der Waals surface area contributed by atoms with Crippen LogP contribution in [-0.4, -0.2) is 96.7 Å². The van der Waals surface area contributed by atoms with Crippen molar-refractivity contribution in [3.05, 3.63) is 146 Å². The molecule has 0 aromatic carbocycles. The highest BCUT2D eigenvalue weighted by atomic mass is 31.2. The first-order valence-electron chi connectivity index (χ1n) is 41.1. The van der Waals surface area contributed by atoms with Gasteiger partial charge in [0.15, 0.2) is 12.2 Å². The maximum absolute atomic E-state index is 13.1. The Morgan fingerprint density at radius 3 is 0.887 bits per heavy atom. The molecule has 0 bridgehead atoms. The lowest BCUT2D eigenvalue weighted by Gasteiger charge is -2.21. The average Bonchev–Trinajstić information content (AvgIpc) is 0.908. The molecule has 0 saturated heterocycles. The largest absolute Gasteiger partial charge is 0.472 e. The number of allylic oxidation sites excluding steroid dienone is 24. The van der Waals surface area contributed by atoms with Crippen molar-refractivity contribution in [1.82, 2.24) is 0 Å². The van der Waals surface area contributed by atoms with Crippen LogP contribution in [0.2, 0.25) is 0 Å². The molecule has 0 amide bonds. The Hall–Kier alpha value is -5.06. The topological polar surface area (TPSA) is 237 Å². The fourth-order valence-corrected chi connectivity index (χ4v) is 12.1. The third-order valence-electron chi connectivity index (χ3n) is 16.8. The van der Waals surface area contributed by atoms with Gasteiger partial charge in [-0.15, -0.1) is 0 Å². The highest BCUT2D eigenvalue weighted by molar-refractivity contribution is 7.47. The van der Waals surface area contributed by atoms with Gasteiger partial charge in [0.2, 0.25) is 0 Å². The van der Waals surface area contributed by atoms with E-state index in [4.69, 9.17) is 37.0 Å². The number of esters is 4. The monoisotopic (exact) mass is 1530 g/mol. The number of hydrogen-bond donors (Lipinski definition) is 3. The molecule has 0 spiro atoms. The molecule has 0 aliphatic rings. The summed E-state index contributed by atoms with van der Waals surface area (Å²) >= 11 is 0. The van der Waals surface area contributed by atoms with Crippen molar-refractivity contribution in [2.24, 2.45) is 0 Å². The highest BCUT2D eigenvalue weighted by Crippen LogP contribution is 2.45. The molecule has 3 N–H and O–H groups in total. The highest BCUT2D eigenvalue weighted by Gasteiger charge is 2.30. The molecule has 0 radical (unpaired) electrons. The number of hydrogen-bond acceptors (Lipinski definition) is 15. The first-order chi connectivity index (χ1) is 51.7. The number of phosphoric ester groups is 2. The number of carbonyl (C=O) groups excluding carboxylic acids is 4. The summed E-state index contributed by atoms with van der Waals surface area (Å²) in [6.07, 6.45) is 89.8. The van der Waals surface area contributed by atoms with Gasteiger partial charge >= 0.3 is 39.5 Å². The van der Waals surface area contributed by atoms with Gasteiger partial charge in [-0.3, -0.25) is 37.3 Å². The standard InChI is InChI=1S/C87H146O17P2/c1-5-9-13-17-21-25-29-33-37-39-40-42-46-50-54-58-62-66-70-74-87(92)104-83(77-97-84(89)71-67-63-59-55-51-47-43-35-31-27-23-19-15-11-7-3)80-102-106(95,96)100-76-81(88)75-99-105(93,94)101-79-82(103-86(91)73-69-65-61-57-53-49-44-36-32-28-24-20-16-12-8-4)78-98-85(90)72-68-64-60-56-52-48-45-41-38-34-30-26-22-18-14-10-6-2/h9,13,21-22,25-27,31,33-34,36-38,40,42,44-45,48,50,54,56,60,62,66,81-83,88H,5-8,10-12,14-20,23-24,28-30,32,35,39,41,43,46-47,49,51-53,55,57-59,61,63-65,67-80H2,1-4H3,(H,93,94)(H,95,96)/b13-9-,25-21-,26-22-,31-27-,37-33-,38-34-,42-40-,44-36-,48-45-,54-50-,60-56-,66-62-/t81-,82-,83-/m1/s1. The van der Waals surface area contributed by atoms with Crippen LogP contribution < -0.4 is 0 Å². The predicted octanol–water partition coefficient (Wildman–Crippen LogP) is 24.2. The lowest BCUT2D eigenvalue weighted by atomic mass is 10.1. The summed E-state index contributed by atoms with van der Waals surface area (Å²) in [7, 11) is -10.0. The van der Waals surface area contributed by atoms with E-state index in [-0.39, 0.29) is 25.7 Å². The van der Waals surface area contributed by atoms with E-state index in [9.17, 15) is 43.2 Å². The molecular formula is C87H146O17P2. The maximum Gasteiger partial charge on any atom is 0.472 e. The van der Waals surface area contributed by atoms with Crippen LogP contribution >= 0.6 is 15.6 Å². The first-order valence-corrected chi connectivity index (χ1v) is 44.1. The molecule has 2 unspecified atom stereocenters. The molecule has 0 aromatic rings. The van der Waals surface area contributed by atoms with Crippen LogP contribution in [0.5, 0.6) is 0 Å². The lowest BCUT2D eigenvalue weighted by Crippen LogP contribution is -2.30. The predicted molar refractivity (Wildman–Crippen MR) is 436 cm³/mol. The maximum atomic E-state index is 13.1. The zero-order valence-corrected chi connectivity index (χ0v) is 68.1. The first kappa shape index (κ1) is 101. The molecule has 0 rings (SSSR count). The summed E-state index contributed by atoms with van der Waals surface area (Å²) in [6.45, 7) is 4.57. The zero-order chi connectivity index (χ0) is 77.4. The minimum atomic E-state index is -5.01. The molecule has 606 valence electrons. The van der Waals surface area contributed by atoms with Gasteiger partial charge in [0.05, 0.1) is 26.4 Å². The summed E-state index contributed by atoms with van der Waals surface area (Å²) in [5.74, 6) is -2.35. The molecule has 0 saturated carbocycles. The zero-order valence-electron chi connectivity index (χ0n) is 66.3. The van der Waals surface area contributed by atoms with E-state index in [0.717, 1.165) is 148 Å². The Morgan fingerprint density at radius 1 is 0.274 bits per heavy atom. The molecule has 0 heterocycles. The van der Waals surface area contributed by atoms with Gasteiger partial charge in [0.1, 0.15) is 19.3 Å². The van der Waals surface area contributed by atoms with E-state index in [1.807, 2.05) is 30.4 Å². The molecule has 17 nitrogen and oxygen atoms in total. The Kier molecular flexibility index (Phi) is 74.3. The molecule has 5 atom stereocenters. The van der Waals surface area contributed by atoms with E-state index in [0.29, 0.717) is 38.5 Å². The minimum Gasteiger partial charge on any atom is -0.462 e. The minimum absolute atomic E-state index is 0.0357. The van der Waals surface area contributed by atoms with Crippen LogP contribution in [0, 0.1) is 0 Å². The van der Waals surface area contributed by atoms with Gasteiger partial charge in [0.25, 0.3) is 0 Å². The normalized spacial score (nSPS) is 14.6. The third kappa shape index (κ3) is 77.1. The summed E-state index contributed by atoms with van der Waals surface area (Å²) in [5, 5.41) is 10.7. The van der Waals surface area contributed by atoms with Crippen LogP contribution in [0.25, 0.3) is 0 Å². The quantitative estimate of drug-likeness (QED) is 0.0169. The van der Waals surface area contributed by atoms with Gasteiger partial charge in [0, 0.05) is 25.7 Å². The van der Waals surface area contributed by atoms with E-state index < -0.39 is 97.5 Å². The second kappa shape index (κ2) is 78.1. The average molecular weight is 1530 g/mol. The molecule has 0 aliphatic heterocycles. The van der Waals surface area contributed by atoms with Crippen molar-refractivity contribution in [2.45, 2.75) is 341 Å². The number of phosphoric acid groups is 2. The molecule has 106 heavy (non-hydrogen) atoms. The Balaban J connectivity index is 5.50. The summed E-state index contributed by atoms with van der Waals surface area (Å²) in [5.41, 5.74) is 0. The van der Waals surface area contributed by atoms with E-state index in [1.54, 1.807) is 0 Å². The van der Waals surface area contributed by atoms with Crippen LogP contribution in [0.3, 0.4) is 0 Å². The Bertz CT molecular complexity index is 2580. The lowest BCUT2D eigenvalue weighted by molar-refractivity contribution is -0.161. The smallest absolute Gasteiger partial charge is 0.462 e. The van der Waals surface area contributed by atoms with Gasteiger partial charge < -0.3 is 33.8 Å². The molecular weight excluding hydrogens is 1380 g/mol.